The highest BCUT2D eigenvalue weighted by Crippen LogP contribution is 2.34. The minimum atomic E-state index is -0.0219. The number of anilines is 4. The van der Waals surface area contributed by atoms with Gasteiger partial charge in [-0.3, -0.25) is 4.79 Å². The van der Waals surface area contributed by atoms with Crippen molar-refractivity contribution in [1.29, 1.82) is 0 Å². The lowest BCUT2D eigenvalue weighted by Gasteiger charge is -2.30. The van der Waals surface area contributed by atoms with Crippen LogP contribution < -0.4 is 29.9 Å². The van der Waals surface area contributed by atoms with Crippen LogP contribution in [0.2, 0.25) is 0 Å². The Morgan fingerprint density at radius 1 is 0.979 bits per heavy atom. The van der Waals surface area contributed by atoms with Crippen molar-refractivity contribution in [2.24, 2.45) is 0 Å². The fourth-order valence-electron chi connectivity index (χ4n) is 6.02. The zero-order chi connectivity index (χ0) is 33.5. The summed E-state index contributed by atoms with van der Waals surface area (Å²) in [4.78, 5) is 31.8. The van der Waals surface area contributed by atoms with E-state index in [0.717, 1.165) is 60.5 Å². The van der Waals surface area contributed by atoms with Gasteiger partial charge in [0.1, 0.15) is 0 Å². The van der Waals surface area contributed by atoms with Crippen LogP contribution in [0.25, 0.3) is 0 Å². The lowest BCUT2D eigenvalue weighted by atomic mass is 9.99. The number of nitrogens with one attached hydrogen (secondary N) is 2. The highest BCUT2D eigenvalue weighted by molar-refractivity contribution is 8.03. The second kappa shape index (κ2) is 15.4. The van der Waals surface area contributed by atoms with E-state index in [4.69, 9.17) is 24.4 Å². The lowest BCUT2D eigenvalue weighted by molar-refractivity contribution is 0.0988. The molecule has 0 radical (unpaired) electrons. The van der Waals surface area contributed by atoms with Gasteiger partial charge in [0.25, 0.3) is 5.91 Å². The highest BCUT2D eigenvalue weighted by atomic mass is 32.2. The largest absolute Gasteiger partial charge is 0.493 e. The number of hydrogen-bond acceptors (Lipinski definition) is 10. The van der Waals surface area contributed by atoms with Crippen molar-refractivity contribution in [1.82, 2.24) is 15.0 Å². The standard InChI is InChI=1S/C37H43N7O3S/c1-5-44(30-9-6-8-25(2)20-30)34(45)27-13-11-26(12-14-27)23-39-36-40-35(38-17-15-31-10-7-19-48-31)41-37(42-36)43-18-16-28-21-32(46-3)33(47-4)22-29(28)24-43/h6-9,11-14,19-22,31H,5,10,15-18,23-24H2,1-4H3,(H2,38,39,40,41,42). The van der Waals surface area contributed by atoms with Gasteiger partial charge in [-0.25, -0.2) is 0 Å². The van der Waals surface area contributed by atoms with Crippen molar-refractivity contribution in [3.63, 3.8) is 0 Å². The van der Waals surface area contributed by atoms with Crippen molar-refractivity contribution < 1.29 is 14.3 Å². The SMILES string of the molecule is CCN(C(=O)c1ccc(CNc2nc(NCCC3CC=CS3)nc(N3CCc4cc(OC)c(OC)cc4C3)n2)cc1)c1cccc(C)c1. The molecule has 6 rings (SSSR count). The monoisotopic (exact) mass is 665 g/mol. The zero-order valence-electron chi connectivity index (χ0n) is 28.0. The number of aromatic nitrogens is 3. The second-order valence-corrected chi connectivity index (χ2v) is 13.2. The molecule has 250 valence electrons. The first kappa shape index (κ1) is 33.1. The topological polar surface area (TPSA) is 105 Å². The van der Waals surface area contributed by atoms with Crippen LogP contribution in [0, 0.1) is 6.92 Å². The Morgan fingerprint density at radius 3 is 2.42 bits per heavy atom. The molecular formula is C37H43N7O3S. The molecule has 1 unspecified atom stereocenters. The van der Waals surface area contributed by atoms with E-state index in [1.807, 2.05) is 80.2 Å². The summed E-state index contributed by atoms with van der Waals surface area (Å²) in [6.07, 6.45) is 5.17. The van der Waals surface area contributed by atoms with Crippen LogP contribution in [0.3, 0.4) is 0 Å². The molecule has 1 aromatic heterocycles. The first-order valence-electron chi connectivity index (χ1n) is 16.4. The quantitative estimate of drug-likeness (QED) is 0.157. The van der Waals surface area contributed by atoms with Crippen molar-refractivity contribution in [2.45, 2.75) is 51.4 Å². The molecule has 10 nitrogen and oxygen atoms in total. The van der Waals surface area contributed by atoms with E-state index >= 15 is 0 Å². The summed E-state index contributed by atoms with van der Waals surface area (Å²) >= 11 is 1.88. The van der Waals surface area contributed by atoms with Crippen LogP contribution >= 0.6 is 11.8 Å². The summed E-state index contributed by atoms with van der Waals surface area (Å²) in [6.45, 7) is 7.30. The number of benzene rings is 3. The molecule has 0 spiro atoms. The lowest BCUT2D eigenvalue weighted by Crippen LogP contribution is -2.32. The van der Waals surface area contributed by atoms with E-state index < -0.39 is 0 Å². The van der Waals surface area contributed by atoms with Crippen LogP contribution in [0.5, 0.6) is 11.5 Å². The summed E-state index contributed by atoms with van der Waals surface area (Å²) in [7, 11) is 3.32. The van der Waals surface area contributed by atoms with E-state index in [0.29, 0.717) is 54.0 Å². The van der Waals surface area contributed by atoms with Crippen molar-refractivity contribution in [3.05, 3.63) is 100.0 Å². The number of allylic oxidation sites excluding steroid dienone is 1. The molecule has 2 N–H and O–H groups in total. The zero-order valence-corrected chi connectivity index (χ0v) is 28.8. The van der Waals surface area contributed by atoms with E-state index in [2.05, 4.69) is 33.1 Å². The number of nitrogens with zero attached hydrogens (tertiary/aromatic N) is 5. The predicted octanol–water partition coefficient (Wildman–Crippen LogP) is 6.86. The molecule has 0 fully saturated rings. The van der Waals surface area contributed by atoms with Gasteiger partial charge < -0.3 is 29.9 Å². The Hall–Kier alpha value is -4.77. The Bertz CT molecular complexity index is 1760. The Balaban J connectivity index is 1.17. The number of carbonyl (C=O) groups is 1. The molecule has 1 amide bonds. The van der Waals surface area contributed by atoms with Crippen LogP contribution in [0.4, 0.5) is 23.5 Å². The Labute approximate surface area is 287 Å². The number of fused-ring (bicyclic) bond motifs is 1. The molecule has 4 aromatic rings. The van der Waals surface area contributed by atoms with Gasteiger partial charge in [-0.05, 0) is 97.2 Å². The molecule has 3 aromatic carbocycles. The number of methoxy groups -OCH3 is 2. The minimum Gasteiger partial charge on any atom is -0.493 e. The molecule has 0 bridgehead atoms. The summed E-state index contributed by atoms with van der Waals surface area (Å²) in [5.74, 6) is 3.09. The molecule has 2 aliphatic heterocycles. The fraction of sp³-hybridized carbons (Fsp3) is 0.351. The minimum absolute atomic E-state index is 0.0219. The number of thioether (sulfide) groups is 1. The second-order valence-electron chi connectivity index (χ2n) is 12.0. The van der Waals surface area contributed by atoms with Gasteiger partial charge in [-0.2, -0.15) is 15.0 Å². The summed E-state index contributed by atoms with van der Waals surface area (Å²) in [5.41, 5.74) is 6.08. The summed E-state index contributed by atoms with van der Waals surface area (Å²) in [6, 6.07) is 19.8. The van der Waals surface area contributed by atoms with Gasteiger partial charge in [0.15, 0.2) is 11.5 Å². The molecule has 0 aliphatic carbocycles. The van der Waals surface area contributed by atoms with Gasteiger partial charge in [-0.1, -0.05) is 30.3 Å². The van der Waals surface area contributed by atoms with E-state index in [1.54, 1.807) is 19.1 Å². The highest BCUT2D eigenvalue weighted by Gasteiger charge is 2.23. The maximum Gasteiger partial charge on any atom is 0.258 e. The molecule has 0 saturated carbocycles. The van der Waals surface area contributed by atoms with Crippen molar-refractivity contribution in [3.8, 4) is 11.5 Å². The molecule has 48 heavy (non-hydrogen) atoms. The number of hydrogen-bond donors (Lipinski definition) is 2. The van der Waals surface area contributed by atoms with Gasteiger partial charge in [0.2, 0.25) is 17.8 Å². The number of carbonyl (C=O) groups excluding carboxylic acids is 1. The molecule has 11 heteroatoms. The van der Waals surface area contributed by atoms with Gasteiger partial charge >= 0.3 is 0 Å². The Morgan fingerprint density at radius 2 is 1.73 bits per heavy atom. The molecule has 1 atom stereocenters. The van der Waals surface area contributed by atoms with Gasteiger partial charge in [0, 0.05) is 49.2 Å². The first-order valence-corrected chi connectivity index (χ1v) is 17.4. The maximum atomic E-state index is 13.4. The van der Waals surface area contributed by atoms with Gasteiger partial charge in [0.05, 0.1) is 14.2 Å². The van der Waals surface area contributed by atoms with Gasteiger partial charge in [-0.15, -0.1) is 11.8 Å². The maximum absolute atomic E-state index is 13.4. The molecule has 3 heterocycles. The van der Waals surface area contributed by atoms with Crippen molar-refractivity contribution in [2.75, 3.05) is 54.3 Å². The van der Waals surface area contributed by atoms with Crippen LogP contribution in [0.15, 0.2) is 72.1 Å². The Kier molecular flexibility index (Phi) is 10.6. The fourth-order valence-corrected chi connectivity index (χ4v) is 6.94. The third-order valence-corrected chi connectivity index (χ3v) is 9.83. The third kappa shape index (κ3) is 7.84. The molecular weight excluding hydrogens is 623 g/mol. The molecule has 0 saturated heterocycles. The van der Waals surface area contributed by atoms with Crippen LogP contribution in [-0.2, 0) is 19.5 Å². The number of aryl methyl sites for hydroxylation is 1. The van der Waals surface area contributed by atoms with E-state index in [-0.39, 0.29) is 5.91 Å². The molecule has 2 aliphatic rings. The first-order chi connectivity index (χ1) is 23.4. The van der Waals surface area contributed by atoms with Crippen LogP contribution in [0.1, 0.15) is 52.4 Å². The summed E-state index contributed by atoms with van der Waals surface area (Å²) < 4.78 is 11.1. The van der Waals surface area contributed by atoms with E-state index in [9.17, 15) is 4.79 Å². The number of ether oxygens (including phenoxy) is 2. The number of amides is 1. The van der Waals surface area contributed by atoms with E-state index in [1.165, 1.54) is 5.56 Å². The van der Waals surface area contributed by atoms with Crippen molar-refractivity contribution >= 4 is 41.2 Å². The third-order valence-electron chi connectivity index (χ3n) is 8.67. The number of rotatable bonds is 13. The smallest absolute Gasteiger partial charge is 0.258 e. The average molecular weight is 666 g/mol. The normalized spacial score (nSPS) is 15.2. The van der Waals surface area contributed by atoms with Crippen LogP contribution in [-0.4, -0.2) is 60.0 Å². The predicted molar refractivity (Wildman–Crippen MR) is 195 cm³/mol. The summed E-state index contributed by atoms with van der Waals surface area (Å²) in [5, 5.41) is 9.61. The average Bonchev–Trinajstić information content (AvgIpc) is 3.64.